The molecule has 0 aromatic rings. The van der Waals surface area contributed by atoms with E-state index in [1.165, 1.54) is 6.92 Å². The lowest BCUT2D eigenvalue weighted by molar-refractivity contribution is -0.142. The van der Waals surface area contributed by atoms with Gasteiger partial charge in [0, 0.05) is 0 Å². The van der Waals surface area contributed by atoms with Crippen LogP contribution in [0.25, 0.3) is 0 Å². The van der Waals surface area contributed by atoms with Gasteiger partial charge in [0.25, 0.3) is 0 Å². The number of amides is 4. The Bertz CT molecular complexity index is 681. The molecule has 1 rings (SSSR count). The third-order valence-corrected chi connectivity index (χ3v) is 5.04. The first kappa shape index (κ1) is 27.3. The van der Waals surface area contributed by atoms with Crippen molar-refractivity contribution >= 4 is 29.6 Å². The molecule has 1 fully saturated rings. The molecule has 1 saturated heterocycles. The second kappa shape index (κ2) is 13.6. The summed E-state index contributed by atoms with van der Waals surface area (Å²) in [6, 6.07) is -4.63. The Morgan fingerprint density at radius 3 is 2.22 bits per heavy atom. The fraction of sp³-hybridized carbons (Fsp3) is 0.737. The minimum atomic E-state index is -1.49. The zero-order chi connectivity index (χ0) is 24.3. The molecule has 10 N–H and O–H groups in total. The number of hydrogen-bond donors (Lipinski definition) is 8. The minimum absolute atomic E-state index is 0.107. The average Bonchev–Trinajstić information content (AvgIpc) is 3.24. The molecule has 0 spiro atoms. The van der Waals surface area contributed by atoms with Crippen LogP contribution >= 0.6 is 0 Å². The van der Waals surface area contributed by atoms with Crippen LogP contribution in [0.15, 0.2) is 0 Å². The predicted molar refractivity (Wildman–Crippen MR) is 113 cm³/mol. The number of rotatable bonds is 14. The number of aliphatic carboxylic acids is 1. The van der Waals surface area contributed by atoms with Crippen molar-refractivity contribution in [3.8, 4) is 0 Å². The molecule has 1 aliphatic heterocycles. The number of carboxylic acid groups (broad SMARTS) is 1. The number of carbonyl (C=O) groups excluding carboxylic acids is 4. The summed E-state index contributed by atoms with van der Waals surface area (Å²) < 4.78 is 0. The van der Waals surface area contributed by atoms with Crippen LogP contribution in [0.4, 0.5) is 0 Å². The third-order valence-electron chi connectivity index (χ3n) is 5.04. The smallest absolute Gasteiger partial charge is 0.326 e. The second-order valence-corrected chi connectivity index (χ2v) is 7.79. The zero-order valence-corrected chi connectivity index (χ0v) is 18.1. The molecule has 0 aromatic carbocycles. The number of hydrogen-bond acceptors (Lipinski definition) is 8. The van der Waals surface area contributed by atoms with Gasteiger partial charge >= 0.3 is 5.97 Å². The highest BCUT2D eigenvalue weighted by Gasteiger charge is 2.34. The average molecular weight is 459 g/mol. The van der Waals surface area contributed by atoms with Crippen molar-refractivity contribution in [2.45, 2.75) is 75.7 Å². The summed E-state index contributed by atoms with van der Waals surface area (Å²) in [7, 11) is 0. The van der Waals surface area contributed by atoms with Gasteiger partial charge in [-0.3, -0.25) is 19.2 Å². The number of primary amides is 1. The molecule has 0 bridgehead atoms. The van der Waals surface area contributed by atoms with Crippen molar-refractivity contribution < 1.29 is 34.2 Å². The van der Waals surface area contributed by atoms with Crippen LogP contribution in [0.5, 0.6) is 0 Å². The maximum absolute atomic E-state index is 12.7. The van der Waals surface area contributed by atoms with E-state index in [1.807, 2.05) is 0 Å². The fourth-order valence-electron chi connectivity index (χ4n) is 3.26. The lowest BCUT2D eigenvalue weighted by atomic mass is 10.1. The summed E-state index contributed by atoms with van der Waals surface area (Å²) in [5, 5.41) is 29.2. The molecular formula is C19H34N6O7. The van der Waals surface area contributed by atoms with Gasteiger partial charge in [-0.2, -0.15) is 0 Å². The summed E-state index contributed by atoms with van der Waals surface area (Å²) in [6.07, 6.45) is 0.584. The SMILES string of the molecule is CC(O)C(NC(=O)C1CCCN1)C(=O)NC(CC(N)=O)C(=O)NC(CCCCN)C(=O)O. The van der Waals surface area contributed by atoms with Crippen molar-refractivity contribution in [2.75, 3.05) is 13.1 Å². The normalized spacial score (nSPS) is 19.3. The molecule has 0 aliphatic carbocycles. The van der Waals surface area contributed by atoms with Crippen LogP contribution in [-0.4, -0.2) is 83.2 Å². The van der Waals surface area contributed by atoms with Crippen molar-refractivity contribution in [2.24, 2.45) is 11.5 Å². The summed E-state index contributed by atoms with van der Waals surface area (Å²) in [6.45, 7) is 2.30. The minimum Gasteiger partial charge on any atom is -0.480 e. The number of nitrogens with two attached hydrogens (primary N) is 2. The van der Waals surface area contributed by atoms with Crippen molar-refractivity contribution in [3.63, 3.8) is 0 Å². The highest BCUT2D eigenvalue weighted by molar-refractivity contribution is 5.96. The Labute approximate surface area is 186 Å². The first-order valence-electron chi connectivity index (χ1n) is 10.6. The summed E-state index contributed by atoms with van der Waals surface area (Å²) in [5.74, 6) is -4.51. The van der Waals surface area contributed by atoms with E-state index in [9.17, 15) is 34.2 Å². The lowest BCUT2D eigenvalue weighted by Gasteiger charge is -2.26. The van der Waals surface area contributed by atoms with E-state index >= 15 is 0 Å². The third kappa shape index (κ3) is 9.16. The van der Waals surface area contributed by atoms with Crippen LogP contribution in [-0.2, 0) is 24.0 Å². The number of nitrogens with one attached hydrogen (secondary N) is 4. The molecule has 0 radical (unpaired) electrons. The molecule has 0 saturated carbocycles. The van der Waals surface area contributed by atoms with Gasteiger partial charge in [0.2, 0.25) is 23.6 Å². The number of unbranched alkanes of at least 4 members (excludes halogenated alkanes) is 1. The van der Waals surface area contributed by atoms with Crippen LogP contribution in [0.1, 0.15) is 45.4 Å². The number of aliphatic hydroxyl groups is 1. The maximum Gasteiger partial charge on any atom is 0.326 e. The summed E-state index contributed by atoms with van der Waals surface area (Å²) >= 11 is 0. The maximum atomic E-state index is 12.7. The highest BCUT2D eigenvalue weighted by Crippen LogP contribution is 2.07. The van der Waals surface area contributed by atoms with Crippen LogP contribution in [0.3, 0.4) is 0 Å². The van der Waals surface area contributed by atoms with E-state index in [-0.39, 0.29) is 6.42 Å². The van der Waals surface area contributed by atoms with Gasteiger partial charge in [0.15, 0.2) is 0 Å². The van der Waals surface area contributed by atoms with Gasteiger partial charge in [-0.25, -0.2) is 4.79 Å². The van der Waals surface area contributed by atoms with E-state index in [2.05, 4.69) is 21.3 Å². The molecule has 1 aliphatic rings. The van der Waals surface area contributed by atoms with Crippen LogP contribution < -0.4 is 32.7 Å². The van der Waals surface area contributed by atoms with Crippen molar-refractivity contribution in [1.29, 1.82) is 0 Å². The Morgan fingerprint density at radius 1 is 1.06 bits per heavy atom. The molecule has 5 atom stereocenters. The quantitative estimate of drug-likeness (QED) is 0.122. The Balaban J connectivity index is 2.85. The number of carbonyl (C=O) groups is 5. The molecule has 13 heteroatoms. The fourth-order valence-corrected chi connectivity index (χ4v) is 3.26. The van der Waals surface area contributed by atoms with Crippen molar-refractivity contribution in [3.05, 3.63) is 0 Å². The molecule has 1 heterocycles. The second-order valence-electron chi connectivity index (χ2n) is 7.79. The number of carboxylic acids is 1. The van der Waals surface area contributed by atoms with Crippen LogP contribution in [0, 0.1) is 0 Å². The van der Waals surface area contributed by atoms with Crippen molar-refractivity contribution in [1.82, 2.24) is 21.3 Å². The zero-order valence-electron chi connectivity index (χ0n) is 18.1. The van der Waals surface area contributed by atoms with E-state index in [0.29, 0.717) is 32.4 Å². The van der Waals surface area contributed by atoms with E-state index in [1.54, 1.807) is 0 Å². The number of aliphatic hydroxyl groups excluding tert-OH is 1. The molecule has 4 amide bonds. The van der Waals surface area contributed by atoms with Gasteiger partial charge in [-0.05, 0) is 52.1 Å². The van der Waals surface area contributed by atoms with Gasteiger partial charge in [-0.1, -0.05) is 0 Å². The first-order valence-corrected chi connectivity index (χ1v) is 10.6. The molecule has 13 nitrogen and oxygen atoms in total. The topological polar surface area (TPSA) is 226 Å². The standard InChI is InChI=1S/C19H34N6O7/c1-10(26)15(25-16(28)11-6-4-8-22-11)18(30)24-13(9-14(21)27)17(29)23-12(19(31)32)5-2-3-7-20/h10-13,15,22,26H,2-9,20H2,1H3,(H2,21,27)(H,23,29)(H,24,30)(H,25,28)(H,31,32). The molecule has 5 unspecified atom stereocenters. The van der Waals surface area contributed by atoms with Gasteiger partial charge in [0.05, 0.1) is 18.6 Å². The van der Waals surface area contributed by atoms with Crippen LogP contribution in [0.2, 0.25) is 0 Å². The van der Waals surface area contributed by atoms with Gasteiger partial charge in [-0.15, -0.1) is 0 Å². The molecule has 32 heavy (non-hydrogen) atoms. The Hall–Kier alpha value is -2.77. The summed E-state index contributed by atoms with van der Waals surface area (Å²) in [5.41, 5.74) is 10.6. The van der Waals surface area contributed by atoms with E-state index < -0.39 is 66.3 Å². The molecular weight excluding hydrogens is 424 g/mol. The summed E-state index contributed by atoms with van der Waals surface area (Å²) in [4.78, 5) is 60.5. The first-order chi connectivity index (χ1) is 15.1. The van der Waals surface area contributed by atoms with Gasteiger partial charge < -0.3 is 42.9 Å². The largest absolute Gasteiger partial charge is 0.480 e. The Kier molecular flexibility index (Phi) is 11.6. The van der Waals surface area contributed by atoms with Gasteiger partial charge in [0.1, 0.15) is 18.1 Å². The monoisotopic (exact) mass is 458 g/mol. The molecule has 182 valence electrons. The Morgan fingerprint density at radius 2 is 1.72 bits per heavy atom. The molecule has 0 aromatic heterocycles. The van der Waals surface area contributed by atoms with E-state index in [4.69, 9.17) is 11.5 Å². The lowest BCUT2D eigenvalue weighted by Crippen LogP contribution is -2.60. The highest BCUT2D eigenvalue weighted by atomic mass is 16.4. The predicted octanol–water partition coefficient (Wildman–Crippen LogP) is -3.34. The van der Waals surface area contributed by atoms with E-state index in [0.717, 1.165) is 6.42 Å².